The summed E-state index contributed by atoms with van der Waals surface area (Å²) < 4.78 is 0. The summed E-state index contributed by atoms with van der Waals surface area (Å²) in [5.74, 6) is 0.577. The molecule has 136 valence electrons. The van der Waals surface area contributed by atoms with Crippen molar-refractivity contribution in [1.82, 2.24) is 20.4 Å². The lowest BCUT2D eigenvalue weighted by atomic mass is 9.61. The van der Waals surface area contributed by atoms with Crippen molar-refractivity contribution < 1.29 is 4.79 Å². The fourth-order valence-electron chi connectivity index (χ4n) is 5.50. The second-order valence-corrected chi connectivity index (χ2v) is 8.22. The van der Waals surface area contributed by atoms with Crippen LogP contribution in [0, 0.1) is 5.92 Å². The molecular weight excluding hydrogens is 336 g/mol. The fourth-order valence-corrected chi connectivity index (χ4v) is 5.50. The molecule has 1 spiro atoms. The van der Waals surface area contributed by atoms with E-state index in [0.29, 0.717) is 17.2 Å². The van der Waals surface area contributed by atoms with Crippen molar-refractivity contribution in [2.45, 2.75) is 30.8 Å². The molecule has 0 radical (unpaired) electrons. The monoisotopic (exact) mass is 358 g/mol. The fraction of sp³-hybridized carbons (Fsp3) is 0.364. The van der Waals surface area contributed by atoms with Crippen LogP contribution in [-0.4, -0.2) is 45.7 Å². The van der Waals surface area contributed by atoms with Gasteiger partial charge in [0.05, 0.1) is 5.52 Å². The third kappa shape index (κ3) is 2.09. The van der Waals surface area contributed by atoms with Gasteiger partial charge in [-0.15, -0.1) is 0 Å². The summed E-state index contributed by atoms with van der Waals surface area (Å²) in [5, 5.41) is 11.6. The third-order valence-corrected chi connectivity index (χ3v) is 7.13. The maximum Gasteiger partial charge on any atom is 0.272 e. The second-order valence-electron chi connectivity index (χ2n) is 8.22. The van der Waals surface area contributed by atoms with Crippen molar-refractivity contribution in [1.29, 1.82) is 0 Å². The van der Waals surface area contributed by atoms with E-state index in [1.807, 2.05) is 24.3 Å². The summed E-state index contributed by atoms with van der Waals surface area (Å²) in [6.07, 6.45) is 3.85. The molecule has 3 aromatic rings. The number of H-pyrrole nitrogens is 1. The number of nitrogens with zero attached hydrogens (tertiary/aromatic N) is 2. The second kappa shape index (κ2) is 5.42. The van der Waals surface area contributed by atoms with Gasteiger partial charge in [-0.2, -0.15) is 5.10 Å². The number of rotatable bonds is 3. The normalized spacial score (nSPS) is 28.9. The molecule has 2 aromatic carbocycles. The molecule has 1 amide bonds. The molecule has 3 atom stereocenters. The van der Waals surface area contributed by atoms with Crippen molar-refractivity contribution in [3.8, 4) is 11.1 Å². The molecule has 2 N–H and O–H groups in total. The van der Waals surface area contributed by atoms with E-state index in [-0.39, 0.29) is 11.9 Å². The lowest BCUT2D eigenvalue weighted by molar-refractivity contribution is -0.0676. The standard InChI is InChI=1S/C22H22N4O/c27-21(23-19-13-26-11-10-22(26)9-8-17(19)22)20-16-7-6-15(12-18(16)24-25-20)14-4-2-1-3-5-14/h1-7,12,17,19H,8-11,13H2,(H,23,27)(H,24,25)/t17?,19-,22?/m0/s1. The minimum Gasteiger partial charge on any atom is -0.346 e. The first-order chi connectivity index (χ1) is 13.2. The summed E-state index contributed by atoms with van der Waals surface area (Å²) in [6, 6.07) is 16.6. The molecule has 2 saturated heterocycles. The minimum absolute atomic E-state index is 0.0525. The molecule has 1 saturated carbocycles. The Balaban J connectivity index is 1.27. The lowest BCUT2D eigenvalue weighted by Gasteiger charge is -2.58. The Morgan fingerprint density at radius 2 is 2.04 bits per heavy atom. The molecule has 5 heteroatoms. The highest BCUT2D eigenvalue weighted by atomic mass is 16.2. The summed E-state index contributed by atoms with van der Waals surface area (Å²) >= 11 is 0. The Morgan fingerprint density at radius 3 is 2.74 bits per heavy atom. The van der Waals surface area contributed by atoms with Gasteiger partial charge in [-0.3, -0.25) is 14.8 Å². The number of carbonyl (C=O) groups is 1. The third-order valence-electron chi connectivity index (χ3n) is 7.13. The highest BCUT2D eigenvalue weighted by molar-refractivity contribution is 6.05. The molecule has 3 heterocycles. The van der Waals surface area contributed by atoms with Crippen LogP contribution in [0.3, 0.4) is 0 Å². The number of aromatic amines is 1. The van der Waals surface area contributed by atoms with E-state index in [1.54, 1.807) is 0 Å². The summed E-state index contributed by atoms with van der Waals surface area (Å²) in [6.45, 7) is 2.19. The van der Waals surface area contributed by atoms with E-state index < -0.39 is 0 Å². The molecule has 1 aromatic heterocycles. The molecule has 3 fully saturated rings. The van der Waals surface area contributed by atoms with Gasteiger partial charge in [0.15, 0.2) is 5.69 Å². The number of nitrogens with one attached hydrogen (secondary N) is 2. The Morgan fingerprint density at radius 1 is 1.15 bits per heavy atom. The first kappa shape index (κ1) is 15.4. The molecule has 0 bridgehead atoms. The van der Waals surface area contributed by atoms with Crippen LogP contribution in [0.2, 0.25) is 0 Å². The smallest absolute Gasteiger partial charge is 0.272 e. The number of aromatic nitrogens is 2. The van der Waals surface area contributed by atoms with E-state index in [4.69, 9.17) is 0 Å². The van der Waals surface area contributed by atoms with Crippen LogP contribution < -0.4 is 5.32 Å². The summed E-state index contributed by atoms with van der Waals surface area (Å²) in [5.41, 5.74) is 4.11. The van der Waals surface area contributed by atoms with Gasteiger partial charge in [-0.05, 0) is 48.4 Å². The van der Waals surface area contributed by atoms with Crippen LogP contribution >= 0.6 is 0 Å². The van der Waals surface area contributed by atoms with Gasteiger partial charge >= 0.3 is 0 Å². The number of hydrogen-bond donors (Lipinski definition) is 2. The zero-order valence-corrected chi connectivity index (χ0v) is 15.1. The number of fused-ring (bicyclic) bond motifs is 1. The largest absolute Gasteiger partial charge is 0.346 e. The van der Waals surface area contributed by atoms with Gasteiger partial charge in [0.1, 0.15) is 0 Å². The average Bonchev–Trinajstić information content (AvgIpc) is 3.13. The number of carbonyl (C=O) groups excluding carboxylic acids is 1. The molecule has 2 unspecified atom stereocenters. The van der Waals surface area contributed by atoms with Gasteiger partial charge in [0, 0.05) is 30.1 Å². The highest BCUT2D eigenvalue weighted by Crippen LogP contribution is 2.57. The van der Waals surface area contributed by atoms with E-state index in [2.05, 4.69) is 44.7 Å². The van der Waals surface area contributed by atoms with Crippen molar-refractivity contribution in [2.75, 3.05) is 13.1 Å². The lowest BCUT2D eigenvalue weighted by Crippen LogP contribution is -2.64. The Labute approximate surface area is 157 Å². The SMILES string of the molecule is O=C(N[C@H]1CN2CCC23CCC13)c1n[nH]c2cc(-c3ccccc3)ccc12. The number of benzene rings is 2. The Bertz CT molecular complexity index is 1040. The highest BCUT2D eigenvalue weighted by Gasteiger charge is 2.63. The van der Waals surface area contributed by atoms with Crippen molar-refractivity contribution in [3.05, 3.63) is 54.2 Å². The van der Waals surface area contributed by atoms with E-state index in [0.717, 1.165) is 28.6 Å². The predicted octanol–water partition coefficient (Wildman–Crippen LogP) is 3.20. The zero-order chi connectivity index (χ0) is 18.0. The molecule has 1 aliphatic carbocycles. The van der Waals surface area contributed by atoms with Crippen LogP contribution in [0.25, 0.3) is 22.0 Å². The van der Waals surface area contributed by atoms with Crippen LogP contribution in [0.4, 0.5) is 0 Å². The van der Waals surface area contributed by atoms with Gasteiger partial charge in [-0.1, -0.05) is 36.4 Å². The van der Waals surface area contributed by atoms with Gasteiger partial charge < -0.3 is 5.32 Å². The topological polar surface area (TPSA) is 61.0 Å². The quantitative estimate of drug-likeness (QED) is 0.756. The van der Waals surface area contributed by atoms with Crippen LogP contribution in [0.5, 0.6) is 0 Å². The Hall–Kier alpha value is -2.66. The number of amides is 1. The first-order valence-electron chi connectivity index (χ1n) is 9.84. The molecule has 27 heavy (non-hydrogen) atoms. The molecular formula is C22H22N4O. The van der Waals surface area contributed by atoms with Crippen molar-refractivity contribution in [3.63, 3.8) is 0 Å². The van der Waals surface area contributed by atoms with Gasteiger partial charge in [0.2, 0.25) is 0 Å². The maximum atomic E-state index is 12.9. The van der Waals surface area contributed by atoms with E-state index in [1.165, 1.54) is 25.8 Å². The van der Waals surface area contributed by atoms with Crippen LogP contribution in [0.15, 0.2) is 48.5 Å². The zero-order valence-electron chi connectivity index (χ0n) is 15.1. The average molecular weight is 358 g/mol. The molecule has 2 aliphatic heterocycles. The molecule has 5 nitrogen and oxygen atoms in total. The van der Waals surface area contributed by atoms with Gasteiger partial charge in [-0.25, -0.2) is 0 Å². The van der Waals surface area contributed by atoms with Crippen molar-refractivity contribution >= 4 is 16.8 Å². The predicted molar refractivity (Wildman–Crippen MR) is 104 cm³/mol. The van der Waals surface area contributed by atoms with Crippen LogP contribution in [0.1, 0.15) is 29.8 Å². The van der Waals surface area contributed by atoms with Crippen LogP contribution in [-0.2, 0) is 0 Å². The van der Waals surface area contributed by atoms with Gasteiger partial charge in [0.25, 0.3) is 5.91 Å². The summed E-state index contributed by atoms with van der Waals surface area (Å²) in [7, 11) is 0. The number of hydrogen-bond acceptors (Lipinski definition) is 3. The van der Waals surface area contributed by atoms with Crippen molar-refractivity contribution in [2.24, 2.45) is 5.92 Å². The molecule has 6 rings (SSSR count). The maximum absolute atomic E-state index is 12.9. The first-order valence-corrected chi connectivity index (χ1v) is 9.84. The minimum atomic E-state index is -0.0525. The van der Waals surface area contributed by atoms with E-state index in [9.17, 15) is 4.79 Å². The summed E-state index contributed by atoms with van der Waals surface area (Å²) in [4.78, 5) is 15.5. The van der Waals surface area contributed by atoms with E-state index >= 15 is 0 Å². The Kier molecular flexibility index (Phi) is 3.09. The molecule has 3 aliphatic rings.